The van der Waals surface area contributed by atoms with Crippen LogP contribution in [0.25, 0.3) is 0 Å². The van der Waals surface area contributed by atoms with E-state index >= 15 is 0 Å². The molecule has 0 saturated heterocycles. The first-order chi connectivity index (χ1) is 11.0. The van der Waals surface area contributed by atoms with Crippen LogP contribution in [-0.2, 0) is 6.42 Å². The van der Waals surface area contributed by atoms with E-state index in [1.165, 1.54) is 28.8 Å². The molecule has 1 unspecified atom stereocenters. The molecule has 3 aromatic rings. The van der Waals surface area contributed by atoms with Gasteiger partial charge in [0.15, 0.2) is 5.82 Å². The smallest absolute Gasteiger partial charge is 0.296 e. The molecule has 1 aromatic heterocycles. The van der Waals surface area contributed by atoms with Gasteiger partial charge in [-0.15, -0.1) is 0 Å². The van der Waals surface area contributed by atoms with Gasteiger partial charge < -0.3 is 0 Å². The lowest BCUT2D eigenvalue weighted by atomic mass is 10.1. The van der Waals surface area contributed by atoms with Crippen molar-refractivity contribution in [3.8, 4) is 0 Å². The quantitative estimate of drug-likeness (QED) is 0.742. The Morgan fingerprint density at radius 2 is 1.61 bits per heavy atom. The second-order valence-electron chi connectivity index (χ2n) is 5.27. The van der Waals surface area contributed by atoms with Crippen molar-refractivity contribution in [1.29, 1.82) is 0 Å². The molecule has 0 N–H and O–H groups in total. The van der Waals surface area contributed by atoms with Crippen LogP contribution >= 0.6 is 0 Å². The van der Waals surface area contributed by atoms with Crippen LogP contribution in [0.5, 0.6) is 0 Å². The van der Waals surface area contributed by atoms with E-state index < -0.39 is 5.76 Å². The molecular formula is C17H14F2N2O2. The molecule has 0 bridgehead atoms. The third kappa shape index (κ3) is 3.21. The van der Waals surface area contributed by atoms with E-state index in [1.54, 1.807) is 31.2 Å². The van der Waals surface area contributed by atoms with Crippen molar-refractivity contribution in [3.63, 3.8) is 0 Å². The van der Waals surface area contributed by atoms with E-state index in [1.807, 2.05) is 0 Å². The van der Waals surface area contributed by atoms with Crippen molar-refractivity contribution in [2.75, 3.05) is 0 Å². The summed E-state index contributed by atoms with van der Waals surface area (Å²) in [6, 6.07) is 11.5. The van der Waals surface area contributed by atoms with Crippen LogP contribution in [0.3, 0.4) is 0 Å². The minimum atomic E-state index is -0.584. The Balaban J connectivity index is 1.93. The van der Waals surface area contributed by atoms with Crippen LogP contribution in [0, 0.1) is 11.6 Å². The highest BCUT2D eigenvalue weighted by Crippen LogP contribution is 2.19. The van der Waals surface area contributed by atoms with Gasteiger partial charge in [0, 0.05) is 6.42 Å². The maximum absolute atomic E-state index is 13.0. The molecule has 1 heterocycles. The number of aromatic nitrogens is 2. The molecule has 2 aromatic carbocycles. The minimum absolute atomic E-state index is 0.328. The fourth-order valence-corrected chi connectivity index (χ4v) is 2.46. The predicted molar refractivity (Wildman–Crippen MR) is 80.2 cm³/mol. The summed E-state index contributed by atoms with van der Waals surface area (Å²) >= 11 is 0. The SMILES string of the molecule is CC(c1ccc(F)cc1)n1c(Cc2ccc(F)cc2)noc1=O. The summed E-state index contributed by atoms with van der Waals surface area (Å²) in [5, 5.41) is 3.81. The molecule has 0 aliphatic rings. The predicted octanol–water partition coefficient (Wildman–Crippen LogP) is 3.31. The molecule has 118 valence electrons. The summed E-state index contributed by atoms with van der Waals surface area (Å²) in [5.74, 6) is -0.825. The summed E-state index contributed by atoms with van der Waals surface area (Å²) in [4.78, 5) is 12.0. The van der Waals surface area contributed by atoms with Crippen molar-refractivity contribution < 1.29 is 13.3 Å². The lowest BCUT2D eigenvalue weighted by molar-refractivity contribution is 0.370. The molecule has 0 amide bonds. The van der Waals surface area contributed by atoms with E-state index in [2.05, 4.69) is 5.16 Å². The fraction of sp³-hybridized carbons (Fsp3) is 0.176. The molecule has 0 radical (unpaired) electrons. The van der Waals surface area contributed by atoms with Crippen molar-refractivity contribution in [1.82, 2.24) is 9.72 Å². The molecule has 3 rings (SSSR count). The van der Waals surface area contributed by atoms with Gasteiger partial charge in [-0.05, 0) is 42.3 Å². The average Bonchev–Trinajstić information content (AvgIpc) is 2.90. The van der Waals surface area contributed by atoms with Crippen LogP contribution < -0.4 is 5.76 Å². The molecule has 0 saturated carbocycles. The van der Waals surface area contributed by atoms with E-state index in [-0.39, 0.29) is 17.7 Å². The molecular weight excluding hydrogens is 302 g/mol. The Morgan fingerprint density at radius 1 is 1.04 bits per heavy atom. The van der Waals surface area contributed by atoms with Crippen molar-refractivity contribution in [3.05, 3.63) is 87.7 Å². The third-order valence-electron chi connectivity index (χ3n) is 3.72. The number of halogens is 2. The zero-order valence-electron chi connectivity index (χ0n) is 12.4. The Kier molecular flexibility index (Phi) is 4.06. The number of nitrogens with zero attached hydrogens (tertiary/aromatic N) is 2. The van der Waals surface area contributed by atoms with Crippen molar-refractivity contribution in [2.24, 2.45) is 0 Å². The van der Waals surface area contributed by atoms with Gasteiger partial charge in [-0.25, -0.2) is 13.6 Å². The summed E-state index contributed by atoms with van der Waals surface area (Å²) in [6.07, 6.45) is 0.331. The molecule has 0 fully saturated rings. The third-order valence-corrected chi connectivity index (χ3v) is 3.72. The largest absolute Gasteiger partial charge is 0.442 e. The van der Waals surface area contributed by atoms with E-state index in [0.717, 1.165) is 11.1 Å². The lowest BCUT2D eigenvalue weighted by Gasteiger charge is -2.14. The van der Waals surface area contributed by atoms with E-state index in [9.17, 15) is 13.6 Å². The fourth-order valence-electron chi connectivity index (χ4n) is 2.46. The van der Waals surface area contributed by atoms with Gasteiger partial charge in [-0.2, -0.15) is 0 Å². The van der Waals surface area contributed by atoms with Gasteiger partial charge in [0.05, 0.1) is 6.04 Å². The second kappa shape index (κ2) is 6.16. The van der Waals surface area contributed by atoms with Gasteiger partial charge in [0.1, 0.15) is 11.6 Å². The minimum Gasteiger partial charge on any atom is -0.296 e. The highest BCUT2D eigenvalue weighted by atomic mass is 19.1. The summed E-state index contributed by atoms with van der Waals surface area (Å²) < 4.78 is 32.2. The molecule has 4 nitrogen and oxygen atoms in total. The number of hydrogen-bond acceptors (Lipinski definition) is 3. The lowest BCUT2D eigenvalue weighted by Crippen LogP contribution is -2.22. The Hall–Kier alpha value is -2.76. The molecule has 1 atom stereocenters. The van der Waals surface area contributed by atoms with Gasteiger partial charge >= 0.3 is 5.76 Å². The standard InChI is InChI=1S/C17H14F2N2O2/c1-11(13-4-8-15(19)9-5-13)21-16(20-23-17(21)22)10-12-2-6-14(18)7-3-12/h2-9,11H,10H2,1H3. The zero-order chi connectivity index (χ0) is 16.4. The molecule has 6 heteroatoms. The Morgan fingerprint density at radius 3 is 2.22 bits per heavy atom. The topological polar surface area (TPSA) is 48.0 Å². The van der Waals surface area contributed by atoms with Crippen LogP contribution in [0.2, 0.25) is 0 Å². The maximum Gasteiger partial charge on any atom is 0.442 e. The first kappa shape index (κ1) is 15.1. The number of rotatable bonds is 4. The maximum atomic E-state index is 13.0. The first-order valence-electron chi connectivity index (χ1n) is 7.11. The number of benzene rings is 2. The Labute approximate surface area is 131 Å². The van der Waals surface area contributed by atoms with Gasteiger partial charge in [0.2, 0.25) is 0 Å². The van der Waals surface area contributed by atoms with Crippen molar-refractivity contribution in [2.45, 2.75) is 19.4 Å². The van der Waals surface area contributed by atoms with Crippen LogP contribution in [-0.4, -0.2) is 9.72 Å². The number of hydrogen-bond donors (Lipinski definition) is 0. The van der Waals surface area contributed by atoms with Gasteiger partial charge in [-0.3, -0.25) is 9.09 Å². The van der Waals surface area contributed by atoms with Gasteiger partial charge in [-0.1, -0.05) is 29.4 Å². The van der Waals surface area contributed by atoms with Crippen LogP contribution in [0.15, 0.2) is 57.8 Å². The molecule has 0 aliphatic carbocycles. The first-order valence-corrected chi connectivity index (χ1v) is 7.11. The van der Waals surface area contributed by atoms with Crippen LogP contribution in [0.1, 0.15) is 29.9 Å². The summed E-state index contributed by atoms with van der Waals surface area (Å²) in [6.45, 7) is 1.81. The zero-order valence-corrected chi connectivity index (χ0v) is 12.4. The average molecular weight is 316 g/mol. The highest BCUT2D eigenvalue weighted by molar-refractivity contribution is 5.23. The van der Waals surface area contributed by atoms with Crippen LogP contribution in [0.4, 0.5) is 8.78 Å². The summed E-state index contributed by atoms with van der Waals surface area (Å²) in [7, 11) is 0. The normalized spacial score (nSPS) is 12.3. The second-order valence-corrected chi connectivity index (χ2v) is 5.27. The monoisotopic (exact) mass is 316 g/mol. The Bertz CT molecular complexity index is 852. The highest BCUT2D eigenvalue weighted by Gasteiger charge is 2.18. The van der Waals surface area contributed by atoms with E-state index in [0.29, 0.717) is 12.2 Å². The molecule has 0 spiro atoms. The molecule has 23 heavy (non-hydrogen) atoms. The molecule has 0 aliphatic heterocycles. The van der Waals surface area contributed by atoms with E-state index in [4.69, 9.17) is 4.52 Å². The van der Waals surface area contributed by atoms with Gasteiger partial charge in [0.25, 0.3) is 0 Å². The van der Waals surface area contributed by atoms with Crippen molar-refractivity contribution >= 4 is 0 Å². The summed E-state index contributed by atoms with van der Waals surface area (Å²) in [5.41, 5.74) is 1.57.